The number of nitro benzene ring substituents is 1. The summed E-state index contributed by atoms with van der Waals surface area (Å²) in [4.78, 5) is 21.9. The molecule has 1 aliphatic heterocycles. The normalized spacial score (nSPS) is 19.9. The lowest BCUT2D eigenvalue weighted by Crippen LogP contribution is -2.40. The van der Waals surface area contributed by atoms with Gasteiger partial charge in [0.15, 0.2) is 0 Å². The number of rotatable bonds is 7. The number of non-ortho nitro benzene ring substituents is 1. The van der Waals surface area contributed by atoms with E-state index in [0.717, 1.165) is 24.8 Å². The van der Waals surface area contributed by atoms with Crippen LogP contribution in [0, 0.1) is 10.1 Å². The van der Waals surface area contributed by atoms with E-state index in [1.165, 1.54) is 12.1 Å². The number of carbonyl (C=O) groups is 1. The number of aryl methyl sites for hydroxylation is 1. The third-order valence-electron chi connectivity index (χ3n) is 3.76. The maximum Gasteiger partial charge on any atom is 0.269 e. The monoisotopic (exact) mass is 343 g/mol. The van der Waals surface area contributed by atoms with Gasteiger partial charge in [-0.3, -0.25) is 14.9 Å². The molecule has 0 bridgehead atoms. The number of unbranched alkanes of at least 4 members (excludes halogenated alkanes) is 1. The van der Waals surface area contributed by atoms with Crippen LogP contribution in [0.4, 0.5) is 5.69 Å². The predicted molar refractivity (Wildman–Crippen MR) is 88.7 cm³/mol. The highest BCUT2D eigenvalue weighted by Gasteiger charge is 2.27. The van der Waals surface area contributed by atoms with E-state index in [9.17, 15) is 20.0 Å². The van der Waals surface area contributed by atoms with Crippen LogP contribution in [0.3, 0.4) is 0 Å². The van der Waals surface area contributed by atoms with Gasteiger partial charge in [-0.15, -0.1) is 12.4 Å². The summed E-state index contributed by atoms with van der Waals surface area (Å²) in [6.07, 6.45) is 2.61. The quantitative estimate of drug-likeness (QED) is 0.392. The lowest BCUT2D eigenvalue weighted by Gasteiger charge is -2.10. The van der Waals surface area contributed by atoms with Crippen LogP contribution in [0.2, 0.25) is 0 Å². The van der Waals surface area contributed by atoms with Crippen LogP contribution >= 0.6 is 12.4 Å². The second-order valence-corrected chi connectivity index (χ2v) is 5.52. The SMILES string of the molecule is Cl.O=C(NCCCCc1ccc([N+](=O)[O-])cc1)C1CC(O)CN1. The average molecular weight is 344 g/mol. The van der Waals surface area contributed by atoms with E-state index in [0.29, 0.717) is 19.5 Å². The Kier molecular flexibility index (Phi) is 7.94. The van der Waals surface area contributed by atoms with Crippen LogP contribution in [0.5, 0.6) is 0 Å². The summed E-state index contributed by atoms with van der Waals surface area (Å²) in [5.41, 5.74) is 1.15. The Bertz CT molecular complexity index is 524. The first-order valence-electron chi connectivity index (χ1n) is 7.49. The van der Waals surface area contributed by atoms with Crippen molar-refractivity contribution in [1.82, 2.24) is 10.6 Å². The molecular formula is C15H22ClN3O4. The van der Waals surface area contributed by atoms with Crippen LogP contribution in [-0.2, 0) is 11.2 Å². The van der Waals surface area contributed by atoms with Gasteiger partial charge in [0.05, 0.1) is 17.1 Å². The first-order chi connectivity index (χ1) is 10.6. The number of nitro groups is 1. The zero-order valence-electron chi connectivity index (χ0n) is 12.7. The average Bonchev–Trinajstić information content (AvgIpc) is 2.94. The van der Waals surface area contributed by atoms with E-state index in [4.69, 9.17) is 0 Å². The number of benzene rings is 1. The molecule has 0 radical (unpaired) electrons. The largest absolute Gasteiger partial charge is 0.392 e. The second-order valence-electron chi connectivity index (χ2n) is 5.52. The minimum atomic E-state index is -0.433. The van der Waals surface area contributed by atoms with Crippen molar-refractivity contribution >= 4 is 24.0 Å². The molecule has 1 heterocycles. The molecule has 1 fully saturated rings. The highest BCUT2D eigenvalue weighted by atomic mass is 35.5. The minimum absolute atomic E-state index is 0. The smallest absolute Gasteiger partial charge is 0.269 e. The molecule has 0 aromatic heterocycles. The van der Waals surface area contributed by atoms with Crippen LogP contribution in [0.25, 0.3) is 0 Å². The number of β-amino-alcohol motifs (C(OH)–C–C–N with tert-alkyl or cyclic N) is 1. The van der Waals surface area contributed by atoms with Gasteiger partial charge < -0.3 is 15.7 Å². The fourth-order valence-corrected chi connectivity index (χ4v) is 2.49. The van der Waals surface area contributed by atoms with E-state index >= 15 is 0 Å². The predicted octanol–water partition coefficient (Wildman–Crippen LogP) is 1.18. The highest BCUT2D eigenvalue weighted by Crippen LogP contribution is 2.13. The number of aliphatic hydroxyl groups is 1. The van der Waals surface area contributed by atoms with Gasteiger partial charge in [0, 0.05) is 25.2 Å². The molecule has 3 N–H and O–H groups in total. The molecule has 7 nitrogen and oxygen atoms in total. The molecule has 1 saturated heterocycles. The van der Waals surface area contributed by atoms with E-state index in [1.807, 2.05) is 0 Å². The van der Waals surface area contributed by atoms with Gasteiger partial charge in [-0.2, -0.15) is 0 Å². The Hall–Kier alpha value is -1.70. The second kappa shape index (κ2) is 9.44. The molecule has 2 rings (SSSR count). The van der Waals surface area contributed by atoms with E-state index in [1.54, 1.807) is 12.1 Å². The Morgan fingerprint density at radius 3 is 2.61 bits per heavy atom. The van der Waals surface area contributed by atoms with Gasteiger partial charge in [0.2, 0.25) is 5.91 Å². The molecule has 23 heavy (non-hydrogen) atoms. The summed E-state index contributed by atoms with van der Waals surface area (Å²) in [5.74, 6) is -0.0631. The number of nitrogens with one attached hydrogen (secondary N) is 2. The third-order valence-corrected chi connectivity index (χ3v) is 3.76. The Labute approximate surface area is 141 Å². The first-order valence-corrected chi connectivity index (χ1v) is 7.49. The van der Waals surface area contributed by atoms with Gasteiger partial charge in [-0.25, -0.2) is 0 Å². The first kappa shape index (κ1) is 19.3. The number of carbonyl (C=O) groups excluding carboxylic acids is 1. The van der Waals surface area contributed by atoms with Crippen LogP contribution in [0.1, 0.15) is 24.8 Å². The topological polar surface area (TPSA) is 104 Å². The van der Waals surface area contributed by atoms with Crippen LogP contribution in [-0.4, -0.2) is 41.2 Å². The van der Waals surface area contributed by atoms with E-state index in [-0.39, 0.29) is 30.0 Å². The molecule has 8 heteroatoms. The molecule has 1 amide bonds. The van der Waals surface area contributed by atoms with E-state index < -0.39 is 11.0 Å². The molecule has 2 atom stereocenters. The molecule has 0 aliphatic carbocycles. The van der Waals surface area contributed by atoms with Crippen molar-refractivity contribution in [1.29, 1.82) is 0 Å². The summed E-state index contributed by atoms with van der Waals surface area (Å²) < 4.78 is 0. The standard InChI is InChI=1S/C15H21N3O4.ClH/c19-13-9-14(17-10-13)15(20)16-8-2-1-3-11-4-6-12(7-5-11)18(21)22;/h4-7,13-14,17,19H,1-3,8-10H2,(H,16,20);1H. The fraction of sp³-hybridized carbons (Fsp3) is 0.533. The van der Waals surface area contributed by atoms with Crippen molar-refractivity contribution in [3.05, 3.63) is 39.9 Å². The maximum atomic E-state index is 11.8. The summed E-state index contributed by atoms with van der Waals surface area (Å²) >= 11 is 0. The summed E-state index contributed by atoms with van der Waals surface area (Å²) in [6.45, 7) is 1.07. The van der Waals surface area contributed by atoms with Gasteiger partial charge in [0.25, 0.3) is 5.69 Å². The van der Waals surface area contributed by atoms with Gasteiger partial charge in [0.1, 0.15) is 0 Å². The minimum Gasteiger partial charge on any atom is -0.392 e. The van der Waals surface area contributed by atoms with Crippen molar-refractivity contribution in [2.24, 2.45) is 0 Å². The van der Waals surface area contributed by atoms with Crippen molar-refractivity contribution < 1.29 is 14.8 Å². The van der Waals surface area contributed by atoms with Gasteiger partial charge >= 0.3 is 0 Å². The zero-order chi connectivity index (χ0) is 15.9. The molecule has 1 aliphatic rings. The number of amides is 1. The summed E-state index contributed by atoms with van der Waals surface area (Å²) in [5, 5.41) is 25.7. The molecule has 0 spiro atoms. The lowest BCUT2D eigenvalue weighted by molar-refractivity contribution is -0.384. The fourth-order valence-electron chi connectivity index (χ4n) is 2.49. The summed E-state index contributed by atoms with van der Waals surface area (Å²) in [7, 11) is 0. The summed E-state index contributed by atoms with van der Waals surface area (Å²) in [6, 6.07) is 6.26. The van der Waals surface area contributed by atoms with Crippen molar-refractivity contribution in [3.8, 4) is 0 Å². The number of nitrogens with zero attached hydrogens (tertiary/aromatic N) is 1. The number of hydrogen-bond acceptors (Lipinski definition) is 5. The van der Waals surface area contributed by atoms with Crippen molar-refractivity contribution in [3.63, 3.8) is 0 Å². The Balaban J connectivity index is 0.00000264. The number of aliphatic hydroxyl groups excluding tert-OH is 1. The third kappa shape index (κ3) is 6.13. The zero-order valence-corrected chi connectivity index (χ0v) is 13.6. The number of halogens is 1. The van der Waals surface area contributed by atoms with Crippen LogP contribution in [0.15, 0.2) is 24.3 Å². The Morgan fingerprint density at radius 1 is 1.35 bits per heavy atom. The van der Waals surface area contributed by atoms with Crippen molar-refractivity contribution in [2.75, 3.05) is 13.1 Å². The molecular weight excluding hydrogens is 322 g/mol. The lowest BCUT2D eigenvalue weighted by atomic mass is 10.1. The van der Waals surface area contributed by atoms with Gasteiger partial charge in [-0.05, 0) is 31.2 Å². The number of hydrogen-bond donors (Lipinski definition) is 3. The molecule has 2 unspecified atom stereocenters. The molecule has 128 valence electrons. The highest BCUT2D eigenvalue weighted by molar-refractivity contribution is 5.85. The maximum absolute atomic E-state index is 11.8. The molecule has 0 saturated carbocycles. The van der Waals surface area contributed by atoms with Gasteiger partial charge in [-0.1, -0.05) is 12.1 Å². The Morgan fingerprint density at radius 2 is 2.04 bits per heavy atom. The van der Waals surface area contributed by atoms with Crippen molar-refractivity contribution in [2.45, 2.75) is 37.8 Å². The molecule has 1 aromatic rings. The molecule has 1 aromatic carbocycles. The van der Waals surface area contributed by atoms with E-state index in [2.05, 4.69) is 10.6 Å². The van der Waals surface area contributed by atoms with Crippen LogP contribution < -0.4 is 10.6 Å².